The van der Waals surface area contributed by atoms with Crippen molar-refractivity contribution in [1.82, 2.24) is 15.1 Å². The highest BCUT2D eigenvalue weighted by atomic mass is 16.5. The summed E-state index contributed by atoms with van der Waals surface area (Å²) in [5, 5.41) is 3.99. The van der Waals surface area contributed by atoms with Gasteiger partial charge in [0.15, 0.2) is 0 Å². The molecule has 19 heavy (non-hydrogen) atoms. The van der Waals surface area contributed by atoms with E-state index in [-0.39, 0.29) is 6.10 Å². The fourth-order valence-corrected chi connectivity index (χ4v) is 2.03. The average molecular weight is 260 g/mol. The minimum absolute atomic E-state index is 0.0687. The van der Waals surface area contributed by atoms with Gasteiger partial charge >= 0.3 is 0 Å². The molecule has 0 saturated heterocycles. The highest BCUT2D eigenvalue weighted by Gasteiger charge is 2.35. The first-order chi connectivity index (χ1) is 9.31. The fraction of sp³-hybridized carbons (Fsp3) is 0.462. The zero-order valence-electron chi connectivity index (χ0n) is 10.7. The molecule has 0 radical (unpaired) electrons. The number of nitrogens with two attached hydrogens (primary N) is 1. The summed E-state index contributed by atoms with van der Waals surface area (Å²) in [4.78, 5) is 8.63. The SMILES string of the molecule is COC(c1noc(-c2ccc(CN)cn2)n1)C1CC1. The Kier molecular flexibility index (Phi) is 3.27. The molecule has 1 unspecified atom stereocenters. The lowest BCUT2D eigenvalue weighted by molar-refractivity contribution is 0.0751. The van der Waals surface area contributed by atoms with Gasteiger partial charge in [0, 0.05) is 19.9 Å². The molecule has 2 heterocycles. The first-order valence-corrected chi connectivity index (χ1v) is 6.33. The number of hydrogen-bond donors (Lipinski definition) is 1. The third kappa shape index (κ3) is 2.50. The van der Waals surface area contributed by atoms with Crippen LogP contribution in [0.5, 0.6) is 0 Å². The topological polar surface area (TPSA) is 87.1 Å². The number of rotatable bonds is 5. The molecule has 6 nitrogen and oxygen atoms in total. The van der Waals surface area contributed by atoms with Crippen LogP contribution in [0.25, 0.3) is 11.6 Å². The van der Waals surface area contributed by atoms with Gasteiger partial charge in [0.1, 0.15) is 11.8 Å². The van der Waals surface area contributed by atoms with Gasteiger partial charge in [-0.15, -0.1) is 0 Å². The third-order valence-corrected chi connectivity index (χ3v) is 3.28. The summed E-state index contributed by atoms with van der Waals surface area (Å²) in [5.74, 6) is 1.54. The van der Waals surface area contributed by atoms with Crippen LogP contribution in [0.3, 0.4) is 0 Å². The summed E-state index contributed by atoms with van der Waals surface area (Å²) < 4.78 is 10.7. The van der Waals surface area contributed by atoms with Gasteiger partial charge in [-0.25, -0.2) is 0 Å². The smallest absolute Gasteiger partial charge is 0.276 e. The van der Waals surface area contributed by atoms with Crippen LogP contribution < -0.4 is 5.73 Å². The minimum Gasteiger partial charge on any atom is -0.373 e. The van der Waals surface area contributed by atoms with Crippen molar-refractivity contribution in [2.24, 2.45) is 11.7 Å². The van der Waals surface area contributed by atoms with Crippen LogP contribution in [0, 0.1) is 5.92 Å². The van der Waals surface area contributed by atoms with Gasteiger partial charge in [0.25, 0.3) is 5.89 Å². The van der Waals surface area contributed by atoms with Crippen LogP contribution in [0.1, 0.15) is 30.3 Å². The van der Waals surface area contributed by atoms with Crippen molar-refractivity contribution in [3.63, 3.8) is 0 Å². The van der Waals surface area contributed by atoms with Crippen LogP contribution in [-0.2, 0) is 11.3 Å². The van der Waals surface area contributed by atoms with Gasteiger partial charge < -0.3 is 15.0 Å². The van der Waals surface area contributed by atoms with Crippen molar-refractivity contribution in [2.75, 3.05) is 7.11 Å². The molecule has 1 aliphatic rings. The van der Waals surface area contributed by atoms with Gasteiger partial charge in [0.05, 0.1) is 0 Å². The number of hydrogen-bond acceptors (Lipinski definition) is 6. The summed E-state index contributed by atoms with van der Waals surface area (Å²) in [5.41, 5.74) is 7.16. The Morgan fingerprint density at radius 1 is 1.47 bits per heavy atom. The van der Waals surface area contributed by atoms with E-state index in [0.29, 0.717) is 29.9 Å². The predicted octanol–water partition coefficient (Wildman–Crippen LogP) is 1.69. The second-order valence-electron chi connectivity index (χ2n) is 4.71. The summed E-state index contributed by atoms with van der Waals surface area (Å²) in [6, 6.07) is 3.74. The zero-order chi connectivity index (χ0) is 13.2. The molecule has 0 spiro atoms. The lowest BCUT2D eigenvalue weighted by Gasteiger charge is -2.08. The number of nitrogens with zero attached hydrogens (tertiary/aromatic N) is 3. The number of methoxy groups -OCH3 is 1. The predicted molar refractivity (Wildman–Crippen MR) is 67.9 cm³/mol. The number of pyridine rings is 1. The quantitative estimate of drug-likeness (QED) is 0.880. The molecule has 100 valence electrons. The molecule has 1 atom stereocenters. The van der Waals surface area contributed by atoms with Crippen molar-refractivity contribution in [1.29, 1.82) is 0 Å². The van der Waals surface area contributed by atoms with E-state index in [1.807, 2.05) is 12.1 Å². The molecule has 1 aliphatic carbocycles. The third-order valence-electron chi connectivity index (χ3n) is 3.28. The molecule has 0 amide bonds. The van der Waals surface area contributed by atoms with Crippen LogP contribution >= 0.6 is 0 Å². The number of ether oxygens (including phenoxy) is 1. The molecule has 2 N–H and O–H groups in total. The van der Waals surface area contributed by atoms with E-state index >= 15 is 0 Å². The van der Waals surface area contributed by atoms with Gasteiger partial charge in [-0.3, -0.25) is 4.98 Å². The second-order valence-corrected chi connectivity index (χ2v) is 4.71. The molecular formula is C13H16N4O2. The average Bonchev–Trinajstić information content (AvgIpc) is 3.17. The Bertz CT molecular complexity index is 548. The maximum Gasteiger partial charge on any atom is 0.276 e. The van der Waals surface area contributed by atoms with Crippen LogP contribution in [0.4, 0.5) is 0 Å². The summed E-state index contributed by atoms with van der Waals surface area (Å²) in [6.07, 6.45) is 3.96. The lowest BCUT2D eigenvalue weighted by Crippen LogP contribution is -2.05. The molecule has 2 aromatic heterocycles. The van der Waals surface area contributed by atoms with Crippen LogP contribution in [0.2, 0.25) is 0 Å². The molecule has 3 rings (SSSR count). The molecule has 0 aliphatic heterocycles. The largest absolute Gasteiger partial charge is 0.373 e. The standard InChI is InChI=1S/C13H16N4O2/c1-18-11(9-3-4-9)12-16-13(19-17-12)10-5-2-8(6-14)7-15-10/h2,5,7,9,11H,3-4,6,14H2,1H3. The molecule has 0 bridgehead atoms. The van der Waals surface area contributed by atoms with E-state index in [4.69, 9.17) is 15.0 Å². The molecule has 6 heteroatoms. The molecule has 0 aromatic carbocycles. The van der Waals surface area contributed by atoms with Crippen molar-refractivity contribution < 1.29 is 9.26 Å². The van der Waals surface area contributed by atoms with E-state index in [2.05, 4.69) is 15.1 Å². The summed E-state index contributed by atoms with van der Waals surface area (Å²) >= 11 is 0. The zero-order valence-corrected chi connectivity index (χ0v) is 10.7. The van der Waals surface area contributed by atoms with E-state index in [1.165, 1.54) is 0 Å². The van der Waals surface area contributed by atoms with Gasteiger partial charge in [0.2, 0.25) is 5.82 Å². The van der Waals surface area contributed by atoms with Crippen LogP contribution in [0.15, 0.2) is 22.9 Å². The van der Waals surface area contributed by atoms with Crippen molar-refractivity contribution >= 4 is 0 Å². The lowest BCUT2D eigenvalue weighted by atomic mass is 10.2. The van der Waals surface area contributed by atoms with Crippen molar-refractivity contribution in [3.05, 3.63) is 29.7 Å². The Labute approximate surface area is 111 Å². The van der Waals surface area contributed by atoms with Crippen molar-refractivity contribution in [3.8, 4) is 11.6 Å². The Morgan fingerprint density at radius 3 is 2.89 bits per heavy atom. The van der Waals surface area contributed by atoms with E-state index in [0.717, 1.165) is 18.4 Å². The Balaban J connectivity index is 1.83. The maximum atomic E-state index is 5.53. The second kappa shape index (κ2) is 5.07. The van der Waals surface area contributed by atoms with E-state index in [1.54, 1.807) is 13.3 Å². The summed E-state index contributed by atoms with van der Waals surface area (Å²) in [6.45, 7) is 0.468. The molecule has 1 fully saturated rings. The van der Waals surface area contributed by atoms with Gasteiger partial charge in [-0.2, -0.15) is 4.98 Å². The monoisotopic (exact) mass is 260 g/mol. The van der Waals surface area contributed by atoms with E-state index < -0.39 is 0 Å². The van der Waals surface area contributed by atoms with Crippen molar-refractivity contribution in [2.45, 2.75) is 25.5 Å². The van der Waals surface area contributed by atoms with Crippen LogP contribution in [-0.4, -0.2) is 22.2 Å². The molecule has 1 saturated carbocycles. The number of aromatic nitrogens is 3. The normalized spacial score (nSPS) is 16.5. The van der Waals surface area contributed by atoms with Gasteiger partial charge in [-0.1, -0.05) is 11.2 Å². The Hall–Kier alpha value is -1.79. The molecular weight excluding hydrogens is 244 g/mol. The van der Waals surface area contributed by atoms with E-state index in [9.17, 15) is 0 Å². The minimum atomic E-state index is -0.0687. The first-order valence-electron chi connectivity index (χ1n) is 6.33. The summed E-state index contributed by atoms with van der Waals surface area (Å²) in [7, 11) is 1.67. The molecule has 2 aromatic rings. The first kappa shape index (κ1) is 12.3. The highest BCUT2D eigenvalue weighted by molar-refractivity contribution is 5.46. The fourth-order valence-electron chi connectivity index (χ4n) is 2.03. The highest BCUT2D eigenvalue weighted by Crippen LogP contribution is 2.42. The van der Waals surface area contributed by atoms with Gasteiger partial charge in [-0.05, 0) is 30.4 Å². The Morgan fingerprint density at radius 2 is 2.32 bits per heavy atom. The maximum absolute atomic E-state index is 5.53.